The van der Waals surface area contributed by atoms with Gasteiger partial charge in [0.1, 0.15) is 4.90 Å². The summed E-state index contributed by atoms with van der Waals surface area (Å²) in [7, 11) is -1.52. The minimum absolute atomic E-state index is 0.235. The van der Waals surface area contributed by atoms with Gasteiger partial charge in [0.2, 0.25) is 10.0 Å². The van der Waals surface area contributed by atoms with Gasteiger partial charge in [0, 0.05) is 66.0 Å². The fourth-order valence-electron chi connectivity index (χ4n) is 3.72. The number of hydrogen-bond donors (Lipinski definition) is 1. The lowest BCUT2D eigenvalue weighted by Crippen LogP contribution is -2.47. The van der Waals surface area contributed by atoms with Crippen molar-refractivity contribution in [1.29, 1.82) is 0 Å². The van der Waals surface area contributed by atoms with E-state index in [1.165, 1.54) is 10.5 Å². The Bertz CT molecular complexity index is 1270. The van der Waals surface area contributed by atoms with Crippen LogP contribution in [-0.2, 0) is 10.0 Å². The number of thiazole rings is 1. The molecule has 4 heterocycles. The molecular formula is C21H21N5O2S2. The van der Waals surface area contributed by atoms with E-state index in [2.05, 4.69) is 25.9 Å². The Morgan fingerprint density at radius 2 is 1.87 bits per heavy atom. The molecule has 0 atom stereocenters. The molecule has 0 spiro atoms. The molecule has 1 aliphatic rings. The third kappa shape index (κ3) is 3.43. The summed E-state index contributed by atoms with van der Waals surface area (Å²) in [6.07, 6.45) is 3.37. The van der Waals surface area contributed by atoms with Crippen molar-refractivity contribution in [2.75, 3.05) is 33.2 Å². The summed E-state index contributed by atoms with van der Waals surface area (Å²) in [4.78, 5) is 14.5. The number of sulfonamides is 1. The van der Waals surface area contributed by atoms with Crippen LogP contribution in [0.25, 0.3) is 33.4 Å². The Hall–Kier alpha value is -2.59. The largest absolute Gasteiger partial charge is 0.360 e. The second-order valence-electron chi connectivity index (χ2n) is 7.42. The molecule has 30 heavy (non-hydrogen) atoms. The van der Waals surface area contributed by atoms with Gasteiger partial charge in [-0.25, -0.2) is 13.4 Å². The number of aromatic amines is 1. The van der Waals surface area contributed by atoms with Crippen LogP contribution < -0.4 is 0 Å². The maximum Gasteiger partial charge on any atom is 0.244 e. The van der Waals surface area contributed by atoms with E-state index < -0.39 is 10.0 Å². The van der Waals surface area contributed by atoms with Crippen LogP contribution in [0.3, 0.4) is 0 Å². The number of rotatable bonds is 4. The molecule has 0 saturated carbocycles. The first-order valence-electron chi connectivity index (χ1n) is 9.67. The predicted molar refractivity (Wildman–Crippen MR) is 119 cm³/mol. The number of hydrogen-bond acceptors (Lipinski definition) is 6. The van der Waals surface area contributed by atoms with Gasteiger partial charge in [-0.3, -0.25) is 4.98 Å². The monoisotopic (exact) mass is 439 g/mol. The van der Waals surface area contributed by atoms with Gasteiger partial charge in [-0.1, -0.05) is 6.07 Å². The second kappa shape index (κ2) is 7.59. The van der Waals surface area contributed by atoms with E-state index in [4.69, 9.17) is 0 Å². The average Bonchev–Trinajstić information content (AvgIpc) is 3.44. The van der Waals surface area contributed by atoms with Crippen LogP contribution in [0.5, 0.6) is 0 Å². The lowest BCUT2D eigenvalue weighted by molar-refractivity contribution is 0.222. The van der Waals surface area contributed by atoms with E-state index in [1.54, 1.807) is 23.5 Å². The van der Waals surface area contributed by atoms with E-state index >= 15 is 0 Å². The van der Waals surface area contributed by atoms with Crippen molar-refractivity contribution in [3.63, 3.8) is 0 Å². The SMILES string of the molecule is CN1CCN(S(=O)(=O)c2ccc(-c3c[nH]c4ccc(-c5cscn5)cc34)nc2)CC1. The summed E-state index contributed by atoms with van der Waals surface area (Å²) in [5.41, 5.74) is 6.47. The van der Waals surface area contributed by atoms with Gasteiger partial charge in [-0.2, -0.15) is 4.31 Å². The standard InChI is InChI=1S/C21H21N5O2S2/c1-25-6-8-26(9-7-25)30(27,28)16-3-5-20(22-11-16)18-12-23-19-4-2-15(10-17(18)19)21-13-29-14-24-21/h2-5,10-14,23H,6-9H2,1H3. The Balaban J connectivity index is 1.47. The van der Waals surface area contributed by atoms with Gasteiger partial charge >= 0.3 is 0 Å². The predicted octanol–water partition coefficient (Wildman–Crippen LogP) is 3.29. The highest BCUT2D eigenvalue weighted by molar-refractivity contribution is 7.89. The number of likely N-dealkylation sites (N-methyl/N-ethyl adjacent to an activating group) is 1. The van der Waals surface area contributed by atoms with Crippen molar-refractivity contribution in [3.05, 3.63) is 53.6 Å². The summed E-state index contributed by atoms with van der Waals surface area (Å²) in [5.74, 6) is 0. The number of benzene rings is 1. The van der Waals surface area contributed by atoms with E-state index in [-0.39, 0.29) is 4.90 Å². The van der Waals surface area contributed by atoms with Gasteiger partial charge in [-0.15, -0.1) is 11.3 Å². The summed E-state index contributed by atoms with van der Waals surface area (Å²) < 4.78 is 27.4. The first-order chi connectivity index (χ1) is 14.5. The van der Waals surface area contributed by atoms with Gasteiger partial charge in [0.15, 0.2) is 0 Å². The topological polar surface area (TPSA) is 82.2 Å². The zero-order chi connectivity index (χ0) is 20.7. The molecule has 0 unspecified atom stereocenters. The zero-order valence-electron chi connectivity index (χ0n) is 16.4. The molecule has 4 aromatic rings. The number of piperazine rings is 1. The van der Waals surface area contributed by atoms with Crippen molar-refractivity contribution in [2.24, 2.45) is 0 Å². The van der Waals surface area contributed by atoms with E-state index in [0.717, 1.165) is 46.5 Å². The van der Waals surface area contributed by atoms with Crippen molar-refractivity contribution in [1.82, 2.24) is 24.2 Å². The molecule has 1 aliphatic heterocycles. The fourth-order valence-corrected chi connectivity index (χ4v) is 5.65. The van der Waals surface area contributed by atoms with Gasteiger partial charge in [0.05, 0.1) is 16.9 Å². The van der Waals surface area contributed by atoms with Crippen LogP contribution in [0.4, 0.5) is 0 Å². The second-order valence-corrected chi connectivity index (χ2v) is 10.1. The quantitative estimate of drug-likeness (QED) is 0.528. The van der Waals surface area contributed by atoms with Crippen LogP contribution in [-0.4, -0.2) is 65.8 Å². The third-order valence-electron chi connectivity index (χ3n) is 5.52. The van der Waals surface area contributed by atoms with Crippen LogP contribution in [0, 0.1) is 0 Å². The highest BCUT2D eigenvalue weighted by atomic mass is 32.2. The number of pyridine rings is 1. The summed E-state index contributed by atoms with van der Waals surface area (Å²) in [6, 6.07) is 9.59. The lowest BCUT2D eigenvalue weighted by Gasteiger charge is -2.31. The molecule has 154 valence electrons. The number of H-pyrrole nitrogens is 1. The van der Waals surface area contributed by atoms with Crippen LogP contribution in [0.15, 0.2) is 58.5 Å². The van der Waals surface area contributed by atoms with E-state index in [1.807, 2.05) is 36.3 Å². The lowest BCUT2D eigenvalue weighted by atomic mass is 10.1. The Morgan fingerprint density at radius 3 is 2.57 bits per heavy atom. The first-order valence-corrected chi connectivity index (χ1v) is 12.1. The molecule has 0 amide bonds. The third-order valence-corrected chi connectivity index (χ3v) is 7.99. The molecule has 3 aromatic heterocycles. The van der Waals surface area contributed by atoms with Crippen LogP contribution in [0.1, 0.15) is 0 Å². The van der Waals surface area contributed by atoms with E-state index in [0.29, 0.717) is 13.1 Å². The molecule has 0 radical (unpaired) electrons. The molecular weight excluding hydrogens is 418 g/mol. The van der Waals surface area contributed by atoms with Crippen LogP contribution >= 0.6 is 11.3 Å². The van der Waals surface area contributed by atoms with Crippen molar-refractivity contribution >= 4 is 32.3 Å². The highest BCUT2D eigenvalue weighted by Gasteiger charge is 2.27. The number of fused-ring (bicyclic) bond motifs is 1. The molecule has 1 N–H and O–H groups in total. The number of nitrogens with zero attached hydrogens (tertiary/aromatic N) is 4. The van der Waals surface area contributed by atoms with Crippen molar-refractivity contribution in [2.45, 2.75) is 4.90 Å². The summed E-state index contributed by atoms with van der Waals surface area (Å²) in [6.45, 7) is 2.48. The fraction of sp³-hybridized carbons (Fsp3) is 0.238. The number of aromatic nitrogens is 3. The Labute approximate surface area is 179 Å². The van der Waals surface area contributed by atoms with Gasteiger partial charge in [0.25, 0.3) is 0 Å². The zero-order valence-corrected chi connectivity index (χ0v) is 18.1. The maximum atomic E-state index is 12.9. The number of nitrogens with one attached hydrogen (secondary N) is 1. The highest BCUT2D eigenvalue weighted by Crippen LogP contribution is 2.31. The Morgan fingerprint density at radius 1 is 1.03 bits per heavy atom. The molecule has 9 heteroatoms. The van der Waals surface area contributed by atoms with Gasteiger partial charge in [-0.05, 0) is 31.3 Å². The van der Waals surface area contributed by atoms with Crippen molar-refractivity contribution in [3.8, 4) is 22.5 Å². The van der Waals surface area contributed by atoms with Gasteiger partial charge < -0.3 is 9.88 Å². The minimum Gasteiger partial charge on any atom is -0.360 e. The summed E-state index contributed by atoms with van der Waals surface area (Å²) in [5, 5.41) is 3.05. The molecule has 7 nitrogen and oxygen atoms in total. The average molecular weight is 440 g/mol. The molecule has 5 rings (SSSR count). The minimum atomic E-state index is -3.52. The Kier molecular flexibility index (Phi) is 4.90. The summed E-state index contributed by atoms with van der Waals surface area (Å²) >= 11 is 1.56. The molecule has 1 fully saturated rings. The molecule has 0 aliphatic carbocycles. The molecule has 1 aromatic carbocycles. The normalized spacial score (nSPS) is 16.3. The maximum absolute atomic E-state index is 12.9. The molecule has 0 bridgehead atoms. The first kappa shape index (κ1) is 19.4. The molecule has 1 saturated heterocycles. The van der Waals surface area contributed by atoms with Crippen LogP contribution in [0.2, 0.25) is 0 Å². The smallest absolute Gasteiger partial charge is 0.244 e. The van der Waals surface area contributed by atoms with Crippen molar-refractivity contribution < 1.29 is 8.42 Å². The van der Waals surface area contributed by atoms with E-state index in [9.17, 15) is 8.42 Å².